The standard InChI is InChI=1S/C22H14ClF4N5O2S/c23-13-8-11(3-4-14(13)24)10-35(33)32-20-15(25)9-17(18(26)19(20)27)34-21-12(2-1-6-29-21)16-5-7-30-22(28)31-16/h1-9,32H,10H2,(H2,28,30,31). The zero-order valence-corrected chi connectivity index (χ0v) is 19.0. The van der Waals surface area contributed by atoms with Crippen molar-refractivity contribution in [3.05, 3.63) is 88.7 Å². The summed E-state index contributed by atoms with van der Waals surface area (Å²) in [5.41, 5.74) is 5.50. The van der Waals surface area contributed by atoms with Gasteiger partial charge in [-0.15, -0.1) is 0 Å². The summed E-state index contributed by atoms with van der Waals surface area (Å²) in [5.74, 6) is -6.46. The van der Waals surface area contributed by atoms with Crippen molar-refractivity contribution >= 4 is 34.6 Å². The van der Waals surface area contributed by atoms with Gasteiger partial charge in [-0.2, -0.15) is 4.39 Å². The Kier molecular flexibility index (Phi) is 7.24. The first-order valence-corrected chi connectivity index (χ1v) is 11.4. The SMILES string of the molecule is Nc1nccc(-c2cccnc2Oc2cc(F)c(N[S+]([O-])Cc3ccc(F)c(Cl)c3)c(F)c2F)n1. The van der Waals surface area contributed by atoms with Crippen LogP contribution in [0.3, 0.4) is 0 Å². The Morgan fingerprint density at radius 3 is 2.54 bits per heavy atom. The van der Waals surface area contributed by atoms with E-state index < -0.39 is 46.1 Å². The van der Waals surface area contributed by atoms with Gasteiger partial charge < -0.3 is 15.0 Å². The highest BCUT2D eigenvalue weighted by atomic mass is 35.5. The lowest BCUT2D eigenvalue weighted by Gasteiger charge is -2.16. The summed E-state index contributed by atoms with van der Waals surface area (Å²) in [6.45, 7) is 0. The molecule has 0 spiro atoms. The van der Waals surface area contributed by atoms with Crippen molar-refractivity contribution < 1.29 is 26.9 Å². The van der Waals surface area contributed by atoms with E-state index in [0.717, 1.165) is 6.07 Å². The Balaban J connectivity index is 1.58. The summed E-state index contributed by atoms with van der Waals surface area (Å²) in [4.78, 5) is 11.8. The fourth-order valence-corrected chi connectivity index (χ4v) is 4.14. The lowest BCUT2D eigenvalue weighted by atomic mass is 10.2. The molecule has 180 valence electrons. The average Bonchev–Trinajstić information content (AvgIpc) is 2.83. The minimum Gasteiger partial charge on any atom is -0.593 e. The summed E-state index contributed by atoms with van der Waals surface area (Å²) in [6.07, 6.45) is 2.71. The number of nitrogens with two attached hydrogens (primary N) is 1. The number of anilines is 2. The normalized spacial score (nSPS) is 11.8. The molecule has 0 saturated heterocycles. The number of halogens is 5. The van der Waals surface area contributed by atoms with Crippen LogP contribution in [0.25, 0.3) is 11.3 Å². The van der Waals surface area contributed by atoms with E-state index in [1.54, 1.807) is 6.07 Å². The van der Waals surface area contributed by atoms with Gasteiger partial charge in [0.25, 0.3) is 0 Å². The number of nitrogen functional groups attached to an aromatic ring is 1. The molecule has 0 bridgehead atoms. The number of ether oxygens (including phenoxy) is 1. The molecule has 0 radical (unpaired) electrons. The molecule has 0 saturated carbocycles. The number of hydrogen-bond donors (Lipinski definition) is 2. The second kappa shape index (κ2) is 10.3. The molecule has 0 fully saturated rings. The van der Waals surface area contributed by atoms with E-state index in [0.29, 0.717) is 11.6 Å². The van der Waals surface area contributed by atoms with Crippen LogP contribution in [0, 0.1) is 23.3 Å². The molecule has 1 atom stereocenters. The van der Waals surface area contributed by atoms with Crippen LogP contribution in [-0.2, 0) is 17.1 Å². The molecule has 0 aliphatic carbocycles. The molecular formula is C22H14ClF4N5O2S. The third kappa shape index (κ3) is 5.56. The van der Waals surface area contributed by atoms with Gasteiger partial charge in [0, 0.05) is 24.0 Å². The molecule has 0 amide bonds. The van der Waals surface area contributed by atoms with Crippen LogP contribution < -0.4 is 15.2 Å². The van der Waals surface area contributed by atoms with Crippen molar-refractivity contribution in [3.63, 3.8) is 0 Å². The van der Waals surface area contributed by atoms with Gasteiger partial charge in [-0.1, -0.05) is 17.7 Å². The highest BCUT2D eigenvalue weighted by Gasteiger charge is 2.25. The van der Waals surface area contributed by atoms with Crippen LogP contribution in [0.1, 0.15) is 5.56 Å². The first-order valence-electron chi connectivity index (χ1n) is 9.71. The maximum absolute atomic E-state index is 14.8. The number of nitrogens with zero attached hydrogens (tertiary/aromatic N) is 3. The van der Waals surface area contributed by atoms with Crippen LogP contribution in [0.5, 0.6) is 11.6 Å². The lowest BCUT2D eigenvalue weighted by Crippen LogP contribution is -2.18. The number of benzene rings is 2. The average molecular weight is 524 g/mol. The van der Waals surface area contributed by atoms with Crippen molar-refractivity contribution in [2.75, 3.05) is 10.5 Å². The Morgan fingerprint density at radius 2 is 1.80 bits per heavy atom. The summed E-state index contributed by atoms with van der Waals surface area (Å²) in [6, 6.07) is 8.75. The first kappa shape index (κ1) is 24.5. The zero-order chi connectivity index (χ0) is 25.1. The summed E-state index contributed by atoms with van der Waals surface area (Å²) >= 11 is 3.58. The van der Waals surface area contributed by atoms with Crippen molar-refractivity contribution in [2.45, 2.75) is 5.75 Å². The van der Waals surface area contributed by atoms with Crippen molar-refractivity contribution in [2.24, 2.45) is 0 Å². The van der Waals surface area contributed by atoms with Crippen molar-refractivity contribution in [3.8, 4) is 22.9 Å². The highest BCUT2D eigenvalue weighted by Crippen LogP contribution is 2.35. The molecule has 2 heterocycles. The van der Waals surface area contributed by atoms with Gasteiger partial charge >= 0.3 is 0 Å². The monoisotopic (exact) mass is 523 g/mol. The van der Waals surface area contributed by atoms with Crippen LogP contribution in [0.4, 0.5) is 29.2 Å². The second-order valence-electron chi connectivity index (χ2n) is 6.96. The van der Waals surface area contributed by atoms with Crippen LogP contribution in [0.15, 0.2) is 54.9 Å². The molecule has 1 unspecified atom stereocenters. The number of hydrogen-bond acceptors (Lipinski definition) is 7. The molecule has 3 N–H and O–H groups in total. The maximum Gasteiger partial charge on any atom is 0.228 e. The van der Waals surface area contributed by atoms with E-state index in [4.69, 9.17) is 22.1 Å². The minimum atomic E-state index is -2.10. The van der Waals surface area contributed by atoms with Gasteiger partial charge in [-0.3, -0.25) is 0 Å². The van der Waals surface area contributed by atoms with E-state index >= 15 is 0 Å². The second-order valence-corrected chi connectivity index (χ2v) is 8.55. The topological polar surface area (TPSA) is 109 Å². The molecule has 4 rings (SSSR count). The number of pyridine rings is 1. The zero-order valence-electron chi connectivity index (χ0n) is 17.4. The fourth-order valence-electron chi connectivity index (χ4n) is 2.97. The molecule has 2 aromatic heterocycles. The van der Waals surface area contributed by atoms with Crippen molar-refractivity contribution in [1.82, 2.24) is 15.0 Å². The Bertz CT molecular complexity index is 1400. The summed E-state index contributed by atoms with van der Waals surface area (Å²) in [7, 11) is 0. The van der Waals surface area contributed by atoms with Gasteiger partial charge in [0.2, 0.25) is 17.6 Å². The van der Waals surface area contributed by atoms with Gasteiger partial charge in [0.1, 0.15) is 5.82 Å². The van der Waals surface area contributed by atoms with E-state index in [-0.39, 0.29) is 33.9 Å². The smallest absolute Gasteiger partial charge is 0.228 e. The number of aromatic nitrogens is 3. The minimum absolute atomic E-state index is 0.0353. The quantitative estimate of drug-likeness (QED) is 0.190. The molecule has 2 aromatic carbocycles. The van der Waals surface area contributed by atoms with Gasteiger partial charge in [0.05, 0.1) is 27.6 Å². The van der Waals surface area contributed by atoms with Gasteiger partial charge in [-0.25, -0.2) is 32.8 Å². The predicted octanol–water partition coefficient (Wildman–Crippen LogP) is 5.40. The van der Waals surface area contributed by atoms with E-state index in [9.17, 15) is 22.1 Å². The van der Waals surface area contributed by atoms with Crippen molar-refractivity contribution in [1.29, 1.82) is 0 Å². The molecule has 4 aromatic rings. The van der Waals surface area contributed by atoms with Gasteiger partial charge in [-0.05, 0) is 30.3 Å². The van der Waals surface area contributed by atoms with Crippen LogP contribution >= 0.6 is 11.6 Å². The van der Waals surface area contributed by atoms with E-state index in [1.807, 2.05) is 0 Å². The van der Waals surface area contributed by atoms with Crippen LogP contribution in [-0.4, -0.2) is 19.5 Å². The lowest BCUT2D eigenvalue weighted by molar-refractivity contribution is 0.401. The fraction of sp³-hybridized carbons (Fsp3) is 0.0455. The molecule has 0 aliphatic heterocycles. The van der Waals surface area contributed by atoms with E-state index in [1.165, 1.54) is 36.7 Å². The Morgan fingerprint density at radius 1 is 1.00 bits per heavy atom. The van der Waals surface area contributed by atoms with Gasteiger partial charge in [0.15, 0.2) is 28.8 Å². The number of nitrogens with one attached hydrogen (secondary N) is 1. The van der Waals surface area contributed by atoms with E-state index in [2.05, 4.69) is 19.7 Å². The Labute approximate surface area is 204 Å². The first-order chi connectivity index (χ1) is 16.7. The maximum atomic E-state index is 14.8. The predicted molar refractivity (Wildman–Crippen MR) is 123 cm³/mol. The third-order valence-electron chi connectivity index (χ3n) is 4.55. The molecule has 35 heavy (non-hydrogen) atoms. The summed E-state index contributed by atoms with van der Waals surface area (Å²) < 4.78 is 77.2. The molecule has 0 aliphatic rings. The molecule has 7 nitrogen and oxygen atoms in total. The largest absolute Gasteiger partial charge is 0.593 e. The molecular weight excluding hydrogens is 510 g/mol. The van der Waals surface area contributed by atoms with Crippen LogP contribution in [0.2, 0.25) is 5.02 Å². The highest BCUT2D eigenvalue weighted by molar-refractivity contribution is 7.91. The number of rotatable bonds is 7. The summed E-state index contributed by atoms with van der Waals surface area (Å²) in [5, 5.41) is -0.206. The molecule has 13 heteroatoms. The Hall–Kier alpha value is -3.61. The third-order valence-corrected chi connectivity index (χ3v) is 5.87.